The molecule has 0 aromatic carbocycles. The molecule has 0 spiro atoms. The number of ketones is 1. The van der Waals surface area contributed by atoms with Gasteiger partial charge in [-0.15, -0.1) is 0 Å². The second kappa shape index (κ2) is 16.3. The van der Waals surface area contributed by atoms with Crippen molar-refractivity contribution < 1.29 is 28.3 Å². The van der Waals surface area contributed by atoms with Crippen LogP contribution in [0.25, 0.3) is 0 Å². The first-order valence-corrected chi connectivity index (χ1v) is 21.9. The van der Waals surface area contributed by atoms with Crippen LogP contribution in [0.15, 0.2) is 12.2 Å². The Kier molecular flexibility index (Phi) is 15.2. The number of unbranched alkanes of at least 4 members (excludes halogenated alkanes) is 4. The average molecular weight is 613 g/mol. The number of rotatable bonds is 17. The van der Waals surface area contributed by atoms with E-state index in [9.17, 15) is 14.7 Å². The molecule has 0 heterocycles. The number of ether oxygens (including phenoxy) is 1. The van der Waals surface area contributed by atoms with E-state index >= 15 is 0 Å². The first-order valence-electron chi connectivity index (χ1n) is 16.1. The highest BCUT2D eigenvalue weighted by Gasteiger charge is 2.49. The molecule has 0 aromatic rings. The molecule has 1 saturated carbocycles. The van der Waals surface area contributed by atoms with E-state index < -0.39 is 28.7 Å². The summed E-state index contributed by atoms with van der Waals surface area (Å²) in [7, 11) is -2.73. The molecule has 41 heavy (non-hydrogen) atoms. The van der Waals surface area contributed by atoms with Gasteiger partial charge in [0.15, 0.2) is 16.6 Å². The standard InChI is InChI=1S/C33H64O6Si2/c1-13-14-16-19-25(38-40(9,10)32(2,3)4)22-23-26-29(39-41(11,12)33(5,6)7)24-28(35)31(26)27(34)20-17-15-18-21-30(36)37-8/h22-23,25-27,29,31,34H,13-21,24H2,1-12H3/t25?,26-,27?,29-,31-/m0/s1. The number of aliphatic hydroxyl groups is 1. The molecule has 1 rings (SSSR count). The van der Waals surface area contributed by atoms with Gasteiger partial charge in [0, 0.05) is 18.8 Å². The first kappa shape index (κ1) is 38.2. The largest absolute Gasteiger partial charge is 0.469 e. The molecule has 0 aliphatic heterocycles. The van der Waals surface area contributed by atoms with Crippen molar-refractivity contribution in [2.24, 2.45) is 11.8 Å². The molecule has 1 fully saturated rings. The fourth-order valence-electron chi connectivity index (χ4n) is 4.99. The summed E-state index contributed by atoms with van der Waals surface area (Å²) in [6, 6.07) is 0. The predicted octanol–water partition coefficient (Wildman–Crippen LogP) is 8.59. The van der Waals surface area contributed by atoms with Gasteiger partial charge in [-0.2, -0.15) is 0 Å². The lowest BCUT2D eigenvalue weighted by Gasteiger charge is -2.40. The Morgan fingerprint density at radius 1 is 0.951 bits per heavy atom. The SMILES string of the molecule is CCCCCC(C=C[C@H]1[C@@H](O[Si](C)(C)C(C)(C)C)CC(=O)[C@@H]1C(O)CCCCCC(=O)OC)O[Si](C)(C)C(C)(C)C. The van der Waals surface area contributed by atoms with Gasteiger partial charge in [-0.25, -0.2) is 0 Å². The molecule has 1 N–H and O–H groups in total. The van der Waals surface area contributed by atoms with Crippen molar-refractivity contribution in [3.63, 3.8) is 0 Å². The quantitative estimate of drug-likeness (QED) is 0.0767. The van der Waals surface area contributed by atoms with E-state index in [1.807, 2.05) is 0 Å². The Bertz CT molecular complexity index is 840. The Balaban J connectivity index is 3.24. The van der Waals surface area contributed by atoms with Gasteiger partial charge in [0.1, 0.15) is 5.78 Å². The summed E-state index contributed by atoms with van der Waals surface area (Å²) >= 11 is 0. The van der Waals surface area contributed by atoms with Crippen molar-refractivity contribution in [2.45, 2.75) is 167 Å². The van der Waals surface area contributed by atoms with Gasteiger partial charge >= 0.3 is 5.97 Å². The second-order valence-corrected chi connectivity index (χ2v) is 24.7. The third-order valence-corrected chi connectivity index (χ3v) is 18.8. The maximum atomic E-state index is 13.5. The molecule has 0 aromatic heterocycles. The third-order valence-electron chi connectivity index (χ3n) is 9.79. The summed E-state index contributed by atoms with van der Waals surface area (Å²) in [5, 5.41) is 11.5. The Labute approximate surface area is 254 Å². The lowest BCUT2D eigenvalue weighted by Crippen LogP contribution is -2.45. The summed E-state index contributed by atoms with van der Waals surface area (Å²) in [6.07, 6.45) is 11.3. The molecule has 1 aliphatic carbocycles. The summed E-state index contributed by atoms with van der Waals surface area (Å²) in [5.41, 5.74) is 0. The molecule has 0 saturated heterocycles. The van der Waals surface area contributed by atoms with Gasteiger partial charge in [-0.05, 0) is 55.5 Å². The Morgan fingerprint density at radius 2 is 1.54 bits per heavy atom. The topological polar surface area (TPSA) is 82.1 Å². The van der Waals surface area contributed by atoms with Crippen LogP contribution in [0.5, 0.6) is 0 Å². The minimum atomic E-state index is -2.14. The minimum Gasteiger partial charge on any atom is -0.469 e. The molecular weight excluding hydrogens is 549 g/mol. The number of carbonyl (C=O) groups is 2. The molecule has 2 unspecified atom stereocenters. The van der Waals surface area contributed by atoms with Gasteiger partial charge in [0.05, 0.1) is 31.3 Å². The number of esters is 1. The van der Waals surface area contributed by atoms with Gasteiger partial charge in [-0.1, -0.05) is 92.7 Å². The van der Waals surface area contributed by atoms with E-state index in [1.165, 1.54) is 13.5 Å². The van der Waals surface area contributed by atoms with Crippen LogP contribution in [0.2, 0.25) is 36.3 Å². The van der Waals surface area contributed by atoms with Crippen LogP contribution in [0.3, 0.4) is 0 Å². The number of aliphatic hydroxyl groups excluding tert-OH is 1. The van der Waals surface area contributed by atoms with Crippen molar-refractivity contribution in [2.75, 3.05) is 7.11 Å². The second-order valence-electron chi connectivity index (χ2n) is 15.2. The zero-order valence-electron chi connectivity index (χ0n) is 28.6. The van der Waals surface area contributed by atoms with E-state index in [1.54, 1.807) is 0 Å². The van der Waals surface area contributed by atoms with Crippen LogP contribution < -0.4 is 0 Å². The molecule has 1 aliphatic rings. The van der Waals surface area contributed by atoms with Crippen LogP contribution in [0, 0.1) is 11.8 Å². The first-order chi connectivity index (χ1) is 18.8. The molecule has 0 radical (unpaired) electrons. The fourth-order valence-corrected chi connectivity index (χ4v) is 7.64. The van der Waals surface area contributed by atoms with Crippen LogP contribution >= 0.6 is 0 Å². The lowest BCUT2D eigenvalue weighted by atomic mass is 9.86. The van der Waals surface area contributed by atoms with Crippen molar-refractivity contribution >= 4 is 28.4 Å². The number of Topliss-reactive ketones (excluding diaryl/α,β-unsaturated/α-hetero) is 1. The van der Waals surface area contributed by atoms with Gasteiger partial charge < -0.3 is 18.7 Å². The maximum Gasteiger partial charge on any atom is 0.305 e. The number of carbonyl (C=O) groups excluding carboxylic acids is 2. The highest BCUT2D eigenvalue weighted by Crippen LogP contribution is 2.44. The highest BCUT2D eigenvalue weighted by molar-refractivity contribution is 6.74. The Hall–Kier alpha value is -0.806. The zero-order chi connectivity index (χ0) is 31.6. The van der Waals surface area contributed by atoms with Crippen LogP contribution in [0.4, 0.5) is 0 Å². The summed E-state index contributed by atoms with van der Waals surface area (Å²) in [6.45, 7) is 24.7. The van der Waals surface area contributed by atoms with Crippen LogP contribution in [-0.4, -0.2) is 58.9 Å². The van der Waals surface area contributed by atoms with Crippen LogP contribution in [0.1, 0.15) is 113 Å². The van der Waals surface area contributed by atoms with Gasteiger partial charge in [-0.3, -0.25) is 9.59 Å². The lowest BCUT2D eigenvalue weighted by molar-refractivity contribution is -0.140. The maximum absolute atomic E-state index is 13.5. The number of hydrogen-bond donors (Lipinski definition) is 1. The molecular formula is C33H64O6Si2. The monoisotopic (exact) mass is 612 g/mol. The molecule has 8 heteroatoms. The van der Waals surface area contributed by atoms with E-state index in [0.717, 1.165) is 38.5 Å². The number of methoxy groups -OCH3 is 1. The van der Waals surface area contributed by atoms with Crippen molar-refractivity contribution in [3.05, 3.63) is 12.2 Å². The average Bonchev–Trinajstić information content (AvgIpc) is 3.14. The van der Waals surface area contributed by atoms with Crippen molar-refractivity contribution in [1.82, 2.24) is 0 Å². The van der Waals surface area contributed by atoms with Crippen LogP contribution in [-0.2, 0) is 23.2 Å². The molecule has 0 bridgehead atoms. The summed E-state index contributed by atoms with van der Waals surface area (Å²) in [5.74, 6) is -0.775. The summed E-state index contributed by atoms with van der Waals surface area (Å²) < 4.78 is 18.5. The van der Waals surface area contributed by atoms with E-state index in [4.69, 9.17) is 13.6 Å². The van der Waals surface area contributed by atoms with Crippen molar-refractivity contribution in [1.29, 1.82) is 0 Å². The molecule has 0 amide bonds. The molecule has 5 atom stereocenters. The summed E-state index contributed by atoms with van der Waals surface area (Å²) in [4.78, 5) is 24.9. The predicted molar refractivity (Wildman–Crippen MR) is 175 cm³/mol. The smallest absolute Gasteiger partial charge is 0.305 e. The normalized spacial score (nSPS) is 22.4. The van der Waals surface area contributed by atoms with Gasteiger partial charge in [0.2, 0.25) is 0 Å². The van der Waals surface area contributed by atoms with E-state index in [-0.39, 0.29) is 40.0 Å². The molecule has 6 nitrogen and oxygen atoms in total. The van der Waals surface area contributed by atoms with Crippen molar-refractivity contribution in [3.8, 4) is 0 Å². The van der Waals surface area contributed by atoms with E-state index in [0.29, 0.717) is 19.3 Å². The highest BCUT2D eigenvalue weighted by atomic mass is 28.4. The Morgan fingerprint density at radius 3 is 2.07 bits per heavy atom. The van der Waals surface area contributed by atoms with E-state index in [2.05, 4.69) is 86.8 Å². The minimum absolute atomic E-state index is 0.0113. The van der Waals surface area contributed by atoms with Gasteiger partial charge in [0.25, 0.3) is 0 Å². The number of hydrogen-bond acceptors (Lipinski definition) is 6. The third kappa shape index (κ3) is 12.0. The molecule has 240 valence electrons. The zero-order valence-corrected chi connectivity index (χ0v) is 30.6. The fraction of sp³-hybridized carbons (Fsp3) is 0.879.